The van der Waals surface area contributed by atoms with Crippen LogP contribution in [0.25, 0.3) is 0 Å². The van der Waals surface area contributed by atoms with E-state index in [1.165, 1.54) is 57.1 Å². The lowest BCUT2D eigenvalue weighted by Crippen LogP contribution is -2.70. The molecule has 6 unspecified atom stereocenters. The third-order valence-electron chi connectivity index (χ3n) is 14.7. The van der Waals surface area contributed by atoms with Gasteiger partial charge in [-0.25, -0.2) is 9.18 Å². The average molecular weight is 966 g/mol. The number of amides is 1. The number of allylic oxidation sites excluding steroid dienone is 1. The van der Waals surface area contributed by atoms with E-state index in [2.05, 4.69) is 30.5 Å². The highest BCUT2D eigenvalue weighted by molar-refractivity contribution is 6.03. The van der Waals surface area contributed by atoms with Gasteiger partial charge in [0.05, 0.1) is 24.8 Å². The molecule has 1 saturated heterocycles. The number of carbonyl (C=O) groups excluding carboxylic acids is 1. The lowest BCUT2D eigenvalue weighted by atomic mass is 9.55. The summed E-state index contributed by atoms with van der Waals surface area (Å²) in [6.45, 7) is 10.9. The average Bonchev–Trinajstić information content (AvgIpc) is 4.21. The van der Waals surface area contributed by atoms with Crippen molar-refractivity contribution < 1.29 is 43.2 Å². The number of halogens is 1. The molecule has 2 heterocycles. The minimum atomic E-state index is -1.47. The largest absolute Gasteiger partial charge is 0.492 e. The lowest BCUT2D eigenvalue weighted by molar-refractivity contribution is -0.256. The predicted octanol–water partition coefficient (Wildman–Crippen LogP) is 11.9. The Bertz CT molecular complexity index is 2110. The van der Waals surface area contributed by atoms with Crippen LogP contribution in [0.15, 0.2) is 102 Å². The Hall–Kier alpha value is -4.75. The lowest BCUT2D eigenvalue weighted by Gasteiger charge is -2.59. The van der Waals surface area contributed by atoms with Crippen molar-refractivity contribution in [3.8, 4) is 11.5 Å². The Balaban J connectivity index is 1.31. The standard InChI is InChI=1S/C58H80FN3O8/c1-3-5-6-7-8-9-10-11-12-20-37-67-57(65)62(42-44-25-27-47(59)28-26-44)54-41-52(60-69-43-45-21-14-13-15-22-45)50-39-46(23-16-18-34-63)49(24-17-19-35-64)55-51-40-48(66-38-33-61-31-32-61)29-30-53(51)70-58(54,56(50)55)68-36-4-2/h4,13-15,21-22,25-30,39-40,46,49,54-56,63-64H,2-3,5-12,16-20,23-24,31-38,41-43H2,1H3. The second kappa shape index (κ2) is 27.7. The molecule has 1 saturated carbocycles. The normalized spacial score (nSPS) is 22.9. The van der Waals surface area contributed by atoms with Crippen molar-refractivity contribution in [2.75, 3.05) is 52.7 Å². The molecule has 2 aliphatic heterocycles. The minimum absolute atomic E-state index is 0.0558. The van der Waals surface area contributed by atoms with Gasteiger partial charge in [0.2, 0.25) is 5.79 Å². The minimum Gasteiger partial charge on any atom is -0.492 e. The first-order valence-electron chi connectivity index (χ1n) is 26.7. The predicted molar refractivity (Wildman–Crippen MR) is 273 cm³/mol. The monoisotopic (exact) mass is 966 g/mol. The van der Waals surface area contributed by atoms with Gasteiger partial charge in [-0.2, -0.15) is 0 Å². The molecule has 0 spiro atoms. The van der Waals surface area contributed by atoms with Gasteiger partial charge in [0.15, 0.2) is 0 Å². The number of unbranched alkanes of at least 4 members (excludes halogenated alkanes) is 11. The molecule has 70 heavy (non-hydrogen) atoms. The van der Waals surface area contributed by atoms with Crippen molar-refractivity contribution in [3.05, 3.63) is 120 Å². The maximum Gasteiger partial charge on any atom is 0.410 e. The van der Waals surface area contributed by atoms with Crippen LogP contribution in [-0.2, 0) is 27.5 Å². The zero-order valence-corrected chi connectivity index (χ0v) is 41.8. The Morgan fingerprint density at radius 1 is 0.871 bits per heavy atom. The van der Waals surface area contributed by atoms with Crippen LogP contribution >= 0.6 is 0 Å². The van der Waals surface area contributed by atoms with Crippen LogP contribution in [0.4, 0.5) is 9.18 Å². The maximum absolute atomic E-state index is 15.0. The summed E-state index contributed by atoms with van der Waals surface area (Å²) < 4.78 is 41.8. The summed E-state index contributed by atoms with van der Waals surface area (Å²) in [5, 5.41) is 25.1. The van der Waals surface area contributed by atoms with Crippen LogP contribution in [0, 0.1) is 23.6 Å². The Labute approximate surface area is 417 Å². The van der Waals surface area contributed by atoms with Crippen LogP contribution < -0.4 is 9.47 Å². The van der Waals surface area contributed by atoms with E-state index < -0.39 is 23.8 Å². The van der Waals surface area contributed by atoms with Gasteiger partial charge in [0.1, 0.15) is 36.6 Å². The first-order valence-corrected chi connectivity index (χ1v) is 26.7. The summed E-state index contributed by atoms with van der Waals surface area (Å²) in [6.07, 6.45) is 20.0. The van der Waals surface area contributed by atoms with Crippen molar-refractivity contribution in [3.63, 3.8) is 0 Å². The number of aliphatic hydroxyl groups excluding tert-OH is 2. The molecule has 12 heteroatoms. The molecule has 11 nitrogen and oxygen atoms in total. The molecule has 4 aliphatic rings. The van der Waals surface area contributed by atoms with Gasteiger partial charge in [-0.3, -0.25) is 9.80 Å². The molecule has 6 atom stereocenters. The van der Waals surface area contributed by atoms with E-state index >= 15 is 4.79 Å². The number of nitrogens with zero attached hydrogens (tertiary/aromatic N) is 3. The van der Waals surface area contributed by atoms with Gasteiger partial charge >= 0.3 is 6.09 Å². The van der Waals surface area contributed by atoms with E-state index in [0.29, 0.717) is 30.9 Å². The Morgan fingerprint density at radius 2 is 1.59 bits per heavy atom. The highest BCUT2D eigenvalue weighted by Crippen LogP contribution is 2.62. The van der Waals surface area contributed by atoms with Crippen molar-refractivity contribution in [1.82, 2.24) is 9.80 Å². The molecule has 2 aliphatic carbocycles. The first kappa shape index (κ1) is 53.1. The van der Waals surface area contributed by atoms with E-state index in [4.69, 9.17) is 28.9 Å². The molecule has 0 bridgehead atoms. The first-order chi connectivity index (χ1) is 34.4. The van der Waals surface area contributed by atoms with Gasteiger partial charge in [-0.15, -0.1) is 6.58 Å². The molecule has 3 aromatic rings. The van der Waals surface area contributed by atoms with Crippen LogP contribution in [0.5, 0.6) is 11.5 Å². The van der Waals surface area contributed by atoms with E-state index in [0.717, 1.165) is 92.6 Å². The summed E-state index contributed by atoms with van der Waals surface area (Å²) >= 11 is 0. The number of oxime groups is 1. The van der Waals surface area contributed by atoms with Gasteiger partial charge < -0.3 is 34.0 Å². The molecule has 2 N–H and O–H groups in total. The molecule has 382 valence electrons. The Morgan fingerprint density at radius 3 is 2.29 bits per heavy atom. The second-order valence-electron chi connectivity index (χ2n) is 19.8. The van der Waals surface area contributed by atoms with E-state index in [-0.39, 0.29) is 69.6 Å². The molecular formula is C58H80FN3O8. The van der Waals surface area contributed by atoms with Crippen molar-refractivity contribution in [2.24, 2.45) is 22.9 Å². The number of benzene rings is 3. The second-order valence-corrected chi connectivity index (χ2v) is 19.8. The van der Waals surface area contributed by atoms with E-state index in [9.17, 15) is 14.6 Å². The van der Waals surface area contributed by atoms with Gasteiger partial charge in [0, 0.05) is 57.3 Å². The molecule has 7 rings (SSSR count). The van der Waals surface area contributed by atoms with Crippen molar-refractivity contribution >= 4 is 11.8 Å². The van der Waals surface area contributed by atoms with E-state index in [1.54, 1.807) is 23.1 Å². The van der Waals surface area contributed by atoms with Crippen LogP contribution in [0.2, 0.25) is 0 Å². The maximum atomic E-state index is 15.0. The van der Waals surface area contributed by atoms with Gasteiger partial charge in [0.25, 0.3) is 0 Å². The zero-order chi connectivity index (χ0) is 49.0. The molecule has 0 aromatic heterocycles. The third-order valence-corrected chi connectivity index (χ3v) is 14.7. The number of carbonyl (C=O) groups is 1. The number of fused-ring (bicyclic) bond motifs is 2. The number of aliphatic hydroxyl groups is 2. The fraction of sp³-hybridized carbons (Fsp3) is 0.586. The smallest absolute Gasteiger partial charge is 0.410 e. The van der Waals surface area contributed by atoms with Crippen LogP contribution in [-0.4, -0.2) is 96.3 Å². The molecule has 3 aromatic carbocycles. The number of ether oxygens (including phenoxy) is 4. The third kappa shape index (κ3) is 14.4. The quantitative estimate of drug-likeness (QED) is 0.0272. The Kier molecular flexibility index (Phi) is 21.0. The summed E-state index contributed by atoms with van der Waals surface area (Å²) in [5.74, 6) is -1.00. The summed E-state index contributed by atoms with van der Waals surface area (Å²) in [5.41, 5.74) is 4.34. The van der Waals surface area contributed by atoms with Crippen LogP contribution in [0.1, 0.15) is 139 Å². The highest BCUT2D eigenvalue weighted by atomic mass is 19.1. The summed E-state index contributed by atoms with van der Waals surface area (Å²) in [7, 11) is 0. The highest BCUT2D eigenvalue weighted by Gasteiger charge is 2.65. The fourth-order valence-corrected chi connectivity index (χ4v) is 11.0. The van der Waals surface area contributed by atoms with Crippen molar-refractivity contribution in [1.29, 1.82) is 0 Å². The SMILES string of the molecule is C=CCOC12Oc3ccc(OCCN4CC4)cc3C3C(CCCCO)C(CCCCO)C=C(C(=NOCc4ccccc4)CC1N(Cc1ccc(F)cc1)C(=O)OCCCCCCCCCCCC)C32. The van der Waals surface area contributed by atoms with E-state index in [1.807, 2.05) is 42.5 Å². The fourth-order valence-electron chi connectivity index (χ4n) is 11.0. The molecule has 1 amide bonds. The topological polar surface area (TPSA) is 122 Å². The van der Waals surface area contributed by atoms with Gasteiger partial charge in [-0.1, -0.05) is 137 Å². The van der Waals surface area contributed by atoms with Crippen LogP contribution in [0.3, 0.4) is 0 Å². The number of hydrogen-bond acceptors (Lipinski definition) is 10. The molecule has 0 radical (unpaired) electrons. The summed E-state index contributed by atoms with van der Waals surface area (Å²) in [6, 6.07) is 21.4. The summed E-state index contributed by atoms with van der Waals surface area (Å²) in [4.78, 5) is 25.4. The van der Waals surface area contributed by atoms with Gasteiger partial charge in [-0.05, 0) is 91.0 Å². The number of hydrogen-bond donors (Lipinski definition) is 2. The molecule has 2 fully saturated rings. The molecular weight excluding hydrogens is 886 g/mol. The number of rotatable bonds is 32. The zero-order valence-electron chi connectivity index (χ0n) is 41.8. The van der Waals surface area contributed by atoms with Crippen molar-refractivity contribution in [2.45, 2.75) is 147 Å².